The number of nitrogens with zero attached hydrogens (tertiary/aromatic N) is 2. The molecule has 1 aromatic carbocycles. The van der Waals surface area contributed by atoms with Gasteiger partial charge in [0.05, 0.1) is 22.8 Å². The minimum atomic E-state index is -0.169. The van der Waals surface area contributed by atoms with Gasteiger partial charge in [-0.05, 0) is 45.2 Å². The first kappa shape index (κ1) is 16.9. The van der Waals surface area contributed by atoms with Crippen molar-refractivity contribution in [3.05, 3.63) is 46.2 Å². The van der Waals surface area contributed by atoms with Gasteiger partial charge in [0.15, 0.2) is 0 Å². The van der Waals surface area contributed by atoms with Crippen LogP contribution >= 0.6 is 23.4 Å². The van der Waals surface area contributed by atoms with E-state index in [4.69, 9.17) is 11.6 Å². The molecule has 0 fully saturated rings. The Balaban J connectivity index is 2.19. The minimum absolute atomic E-state index is 0.123. The maximum Gasteiger partial charge on any atom is 0.253 e. The zero-order chi connectivity index (χ0) is 16.3. The normalized spacial score (nSPS) is 12.2. The number of benzene rings is 1. The topological polar surface area (TPSA) is 46.9 Å². The average Bonchev–Trinajstić information content (AvgIpc) is 2.88. The van der Waals surface area contributed by atoms with Crippen molar-refractivity contribution in [2.75, 3.05) is 6.26 Å². The first-order valence-corrected chi connectivity index (χ1v) is 8.74. The van der Waals surface area contributed by atoms with Crippen LogP contribution in [0.5, 0.6) is 0 Å². The Labute approximate surface area is 140 Å². The molecule has 0 aliphatic carbocycles. The van der Waals surface area contributed by atoms with Gasteiger partial charge in [0.25, 0.3) is 5.91 Å². The molecule has 0 spiro atoms. The molecule has 0 radical (unpaired) electrons. The van der Waals surface area contributed by atoms with E-state index in [1.165, 1.54) is 0 Å². The van der Waals surface area contributed by atoms with E-state index in [1.54, 1.807) is 17.8 Å². The summed E-state index contributed by atoms with van der Waals surface area (Å²) < 4.78 is 1.92. The summed E-state index contributed by atoms with van der Waals surface area (Å²) in [5.74, 6) is -0.169. The molecule has 1 heterocycles. The average molecular weight is 338 g/mol. The third-order valence-electron chi connectivity index (χ3n) is 3.67. The molecule has 22 heavy (non-hydrogen) atoms. The van der Waals surface area contributed by atoms with E-state index < -0.39 is 0 Å². The lowest BCUT2D eigenvalue weighted by atomic mass is 10.1. The summed E-state index contributed by atoms with van der Waals surface area (Å²) >= 11 is 7.73. The van der Waals surface area contributed by atoms with E-state index in [0.717, 1.165) is 22.7 Å². The van der Waals surface area contributed by atoms with Crippen molar-refractivity contribution in [3.63, 3.8) is 0 Å². The number of hydrogen-bond acceptors (Lipinski definition) is 3. The number of carbonyl (C=O) groups is 1. The van der Waals surface area contributed by atoms with E-state index in [-0.39, 0.29) is 11.9 Å². The van der Waals surface area contributed by atoms with Gasteiger partial charge in [0, 0.05) is 22.7 Å². The molecule has 2 rings (SSSR count). The number of aromatic nitrogens is 2. The van der Waals surface area contributed by atoms with Crippen LogP contribution in [0.25, 0.3) is 0 Å². The zero-order valence-electron chi connectivity index (χ0n) is 13.2. The summed E-state index contributed by atoms with van der Waals surface area (Å²) in [6, 6.07) is 5.36. The van der Waals surface area contributed by atoms with Crippen molar-refractivity contribution in [3.8, 4) is 0 Å². The van der Waals surface area contributed by atoms with Crippen molar-refractivity contribution in [2.45, 2.75) is 38.3 Å². The molecule has 1 atom stereocenters. The minimum Gasteiger partial charge on any atom is -0.345 e. The van der Waals surface area contributed by atoms with E-state index in [9.17, 15) is 4.79 Å². The largest absolute Gasteiger partial charge is 0.345 e. The molecule has 1 unspecified atom stereocenters. The first-order chi connectivity index (χ1) is 10.5. The number of hydrogen-bond donors (Lipinski definition) is 1. The predicted molar refractivity (Wildman–Crippen MR) is 91.8 cm³/mol. The van der Waals surface area contributed by atoms with Crippen LogP contribution in [0.15, 0.2) is 29.3 Å². The second kappa shape index (κ2) is 7.20. The summed E-state index contributed by atoms with van der Waals surface area (Å²) in [5.41, 5.74) is 2.59. The molecule has 2 aromatic rings. The molecular formula is C16H20ClN3OS. The SMILES string of the molecule is CCn1ncc(C(C)NC(=O)c2cc(SC)ccc2Cl)c1C. The van der Waals surface area contributed by atoms with Gasteiger partial charge in [-0.2, -0.15) is 5.10 Å². The molecule has 4 nitrogen and oxygen atoms in total. The van der Waals surface area contributed by atoms with Gasteiger partial charge in [0.1, 0.15) is 0 Å². The monoisotopic (exact) mass is 337 g/mol. The molecule has 0 aliphatic rings. The van der Waals surface area contributed by atoms with Crippen LogP contribution in [0.2, 0.25) is 5.02 Å². The fraction of sp³-hybridized carbons (Fsp3) is 0.375. The quantitative estimate of drug-likeness (QED) is 0.836. The van der Waals surface area contributed by atoms with Crippen LogP contribution in [0, 0.1) is 6.92 Å². The molecule has 1 N–H and O–H groups in total. The highest BCUT2D eigenvalue weighted by molar-refractivity contribution is 7.98. The molecule has 1 amide bonds. The van der Waals surface area contributed by atoms with Gasteiger partial charge in [-0.3, -0.25) is 9.48 Å². The molecule has 6 heteroatoms. The fourth-order valence-electron chi connectivity index (χ4n) is 2.36. The van der Waals surface area contributed by atoms with E-state index >= 15 is 0 Å². The fourth-order valence-corrected chi connectivity index (χ4v) is 3.01. The Hall–Kier alpha value is -1.46. The third-order valence-corrected chi connectivity index (χ3v) is 4.73. The Bertz CT molecular complexity index is 684. The number of rotatable bonds is 5. The smallest absolute Gasteiger partial charge is 0.253 e. The number of carbonyl (C=O) groups excluding carboxylic acids is 1. The Morgan fingerprint density at radius 1 is 1.50 bits per heavy atom. The van der Waals surface area contributed by atoms with Crippen molar-refractivity contribution < 1.29 is 4.79 Å². The number of thioether (sulfide) groups is 1. The molecule has 0 bridgehead atoms. The second-order valence-corrected chi connectivity index (χ2v) is 6.33. The highest BCUT2D eigenvalue weighted by Gasteiger charge is 2.18. The maximum absolute atomic E-state index is 12.5. The molecule has 1 aromatic heterocycles. The summed E-state index contributed by atoms with van der Waals surface area (Å²) in [6.45, 7) is 6.82. The van der Waals surface area contributed by atoms with Gasteiger partial charge < -0.3 is 5.32 Å². The lowest BCUT2D eigenvalue weighted by Gasteiger charge is -2.15. The molecule has 0 saturated carbocycles. The molecule has 118 valence electrons. The van der Waals surface area contributed by atoms with Gasteiger partial charge >= 0.3 is 0 Å². The first-order valence-electron chi connectivity index (χ1n) is 7.14. The Morgan fingerprint density at radius 2 is 2.23 bits per heavy atom. The number of aryl methyl sites for hydroxylation is 1. The molecule has 0 aliphatic heterocycles. The zero-order valence-corrected chi connectivity index (χ0v) is 14.8. The molecule has 0 saturated heterocycles. The highest BCUT2D eigenvalue weighted by Crippen LogP contribution is 2.24. The summed E-state index contributed by atoms with van der Waals surface area (Å²) in [5, 5.41) is 7.77. The van der Waals surface area contributed by atoms with Crippen LogP contribution in [0.4, 0.5) is 0 Å². The van der Waals surface area contributed by atoms with Crippen molar-refractivity contribution in [2.24, 2.45) is 0 Å². The van der Waals surface area contributed by atoms with Crippen molar-refractivity contribution in [1.82, 2.24) is 15.1 Å². The lowest BCUT2D eigenvalue weighted by molar-refractivity contribution is 0.0939. The van der Waals surface area contributed by atoms with Gasteiger partial charge in [-0.25, -0.2) is 0 Å². The number of halogens is 1. The predicted octanol–water partition coefficient (Wildman–Crippen LogP) is 4.08. The van der Waals surface area contributed by atoms with E-state index in [2.05, 4.69) is 10.4 Å². The Kier molecular flexibility index (Phi) is 5.53. The van der Waals surface area contributed by atoms with Gasteiger partial charge in [0.2, 0.25) is 0 Å². The Morgan fingerprint density at radius 3 is 2.82 bits per heavy atom. The number of amides is 1. The van der Waals surface area contributed by atoms with E-state index in [1.807, 2.05) is 50.0 Å². The van der Waals surface area contributed by atoms with Crippen LogP contribution in [0.1, 0.15) is 41.5 Å². The summed E-state index contributed by atoms with van der Waals surface area (Å²) in [6.07, 6.45) is 3.78. The second-order valence-electron chi connectivity index (χ2n) is 5.04. The van der Waals surface area contributed by atoms with Crippen LogP contribution in [-0.4, -0.2) is 21.9 Å². The van der Waals surface area contributed by atoms with Crippen LogP contribution < -0.4 is 5.32 Å². The van der Waals surface area contributed by atoms with Crippen molar-refractivity contribution in [1.29, 1.82) is 0 Å². The summed E-state index contributed by atoms with van der Waals surface area (Å²) in [7, 11) is 0. The lowest BCUT2D eigenvalue weighted by Crippen LogP contribution is -2.27. The maximum atomic E-state index is 12.5. The summed E-state index contributed by atoms with van der Waals surface area (Å²) in [4.78, 5) is 13.5. The van der Waals surface area contributed by atoms with E-state index in [0.29, 0.717) is 10.6 Å². The molecular weight excluding hydrogens is 318 g/mol. The van der Waals surface area contributed by atoms with Crippen LogP contribution in [0.3, 0.4) is 0 Å². The van der Waals surface area contributed by atoms with Crippen LogP contribution in [-0.2, 0) is 6.54 Å². The standard InChI is InChI=1S/C16H20ClN3OS/c1-5-20-11(3)14(9-18-20)10(2)19-16(21)13-8-12(22-4)6-7-15(13)17/h6-10H,5H2,1-4H3,(H,19,21). The number of nitrogens with one attached hydrogen (secondary N) is 1. The van der Waals surface area contributed by atoms with Crippen molar-refractivity contribution >= 4 is 29.3 Å². The third kappa shape index (κ3) is 3.47. The van der Waals surface area contributed by atoms with Gasteiger partial charge in [-0.1, -0.05) is 11.6 Å². The highest BCUT2D eigenvalue weighted by atomic mass is 35.5. The van der Waals surface area contributed by atoms with Gasteiger partial charge in [-0.15, -0.1) is 11.8 Å².